The minimum absolute atomic E-state index is 0.373. The van der Waals surface area contributed by atoms with Crippen molar-refractivity contribution in [3.63, 3.8) is 0 Å². The molecule has 1 aliphatic rings. The molecular weight excluding hydrogens is 170 g/mol. The summed E-state index contributed by atoms with van der Waals surface area (Å²) in [5.41, 5.74) is 8.07. The zero-order valence-corrected chi connectivity index (χ0v) is 7.49. The molecule has 0 aromatic carbocycles. The van der Waals surface area contributed by atoms with Gasteiger partial charge in [0.1, 0.15) is 0 Å². The van der Waals surface area contributed by atoms with Crippen molar-refractivity contribution in [2.24, 2.45) is 0 Å². The van der Waals surface area contributed by atoms with Crippen molar-refractivity contribution in [2.75, 3.05) is 13.1 Å². The maximum Gasteiger partial charge on any atom is 0.421 e. The Hall–Kier alpha value is -1.48. The molecule has 70 valence electrons. The summed E-state index contributed by atoms with van der Waals surface area (Å²) in [6.45, 7) is 2.50. The lowest BCUT2D eigenvalue weighted by Crippen LogP contribution is -2.37. The van der Waals surface area contributed by atoms with Gasteiger partial charge in [-0.1, -0.05) is 0 Å². The van der Waals surface area contributed by atoms with Gasteiger partial charge in [-0.25, -0.2) is 0 Å². The standard InChI is InChI=1S/C8H11N3O2/c1-6(12)7(10-9)8(13)11-4-2-3-5-11/h2-5H2,1H3. The Labute approximate surface area is 76.0 Å². The first-order valence-corrected chi connectivity index (χ1v) is 4.19. The molecule has 1 aliphatic heterocycles. The number of rotatable bonds is 2. The first kappa shape index (κ1) is 9.61. The van der Waals surface area contributed by atoms with Crippen LogP contribution in [0, 0.1) is 0 Å². The van der Waals surface area contributed by atoms with Gasteiger partial charge in [-0.15, -0.1) is 0 Å². The van der Waals surface area contributed by atoms with Gasteiger partial charge in [-0.2, -0.15) is 4.79 Å². The number of carbonyl (C=O) groups is 2. The van der Waals surface area contributed by atoms with Crippen LogP contribution in [-0.2, 0) is 9.59 Å². The second kappa shape index (κ2) is 3.96. The lowest BCUT2D eigenvalue weighted by molar-refractivity contribution is -0.130. The van der Waals surface area contributed by atoms with Gasteiger partial charge in [0.05, 0.1) is 0 Å². The zero-order valence-electron chi connectivity index (χ0n) is 7.49. The Kier molecular flexibility index (Phi) is 2.93. The fourth-order valence-corrected chi connectivity index (χ4v) is 1.33. The summed E-state index contributed by atoms with van der Waals surface area (Å²) in [4.78, 5) is 26.5. The second-order valence-electron chi connectivity index (χ2n) is 3.00. The van der Waals surface area contributed by atoms with Gasteiger partial charge < -0.3 is 10.4 Å². The van der Waals surface area contributed by atoms with Gasteiger partial charge in [0, 0.05) is 20.0 Å². The van der Waals surface area contributed by atoms with E-state index < -0.39 is 11.7 Å². The number of hydrogen-bond acceptors (Lipinski definition) is 2. The molecule has 0 aromatic rings. The van der Waals surface area contributed by atoms with E-state index in [1.165, 1.54) is 11.8 Å². The van der Waals surface area contributed by atoms with E-state index in [0.29, 0.717) is 13.1 Å². The molecule has 0 N–H and O–H groups in total. The molecule has 0 aliphatic carbocycles. The highest BCUT2D eigenvalue weighted by molar-refractivity contribution is 6.63. The maximum absolute atomic E-state index is 11.4. The fourth-order valence-electron chi connectivity index (χ4n) is 1.33. The molecular formula is C8H11N3O2. The normalized spacial score (nSPS) is 15.3. The van der Waals surface area contributed by atoms with Crippen LogP contribution in [0.25, 0.3) is 5.53 Å². The van der Waals surface area contributed by atoms with Crippen LogP contribution in [0.1, 0.15) is 19.8 Å². The van der Waals surface area contributed by atoms with Crippen LogP contribution >= 0.6 is 0 Å². The third-order valence-electron chi connectivity index (χ3n) is 2.03. The smallest absolute Gasteiger partial charge is 0.360 e. The van der Waals surface area contributed by atoms with E-state index in [2.05, 4.69) is 4.79 Å². The summed E-state index contributed by atoms with van der Waals surface area (Å²) in [5, 5.41) is 0. The number of Topliss-reactive ketones (excluding diaryl/α,β-unsaturated/α-hetero) is 1. The average Bonchev–Trinajstić information content (AvgIpc) is 2.56. The van der Waals surface area contributed by atoms with Crippen LogP contribution in [0.3, 0.4) is 0 Å². The lowest BCUT2D eigenvalue weighted by Gasteiger charge is -2.10. The van der Waals surface area contributed by atoms with E-state index >= 15 is 0 Å². The minimum atomic E-state index is -0.501. The number of ketones is 1. The Morgan fingerprint density at radius 2 is 1.85 bits per heavy atom. The first-order valence-electron chi connectivity index (χ1n) is 4.19. The molecule has 1 saturated heterocycles. The highest BCUT2D eigenvalue weighted by atomic mass is 16.2. The van der Waals surface area contributed by atoms with Crippen LogP contribution in [0.2, 0.25) is 0 Å². The highest BCUT2D eigenvalue weighted by Gasteiger charge is 2.31. The topological polar surface area (TPSA) is 73.8 Å². The Bertz CT molecular complexity index is 286. The molecule has 0 atom stereocenters. The summed E-state index contributed by atoms with van der Waals surface area (Å²) in [7, 11) is 0. The number of carbonyl (C=O) groups excluding carboxylic acids is 2. The van der Waals surface area contributed by atoms with Gasteiger partial charge in [-0.3, -0.25) is 9.59 Å². The SMILES string of the molecule is CC(=O)C(=[N+]=[N-])C(=O)N1CCCC1. The molecule has 0 radical (unpaired) electrons. The molecule has 5 nitrogen and oxygen atoms in total. The van der Waals surface area contributed by atoms with E-state index in [1.807, 2.05) is 0 Å². The molecule has 1 rings (SSSR count). The van der Waals surface area contributed by atoms with Gasteiger partial charge in [0.25, 0.3) is 0 Å². The average molecular weight is 181 g/mol. The molecule has 1 fully saturated rings. The summed E-state index contributed by atoms with van der Waals surface area (Å²) >= 11 is 0. The summed E-state index contributed by atoms with van der Waals surface area (Å²) in [5.74, 6) is -0.966. The van der Waals surface area contributed by atoms with Crippen LogP contribution in [0.15, 0.2) is 0 Å². The van der Waals surface area contributed by atoms with Crippen molar-refractivity contribution in [1.29, 1.82) is 0 Å². The third kappa shape index (κ3) is 2.00. The monoisotopic (exact) mass is 181 g/mol. The molecule has 13 heavy (non-hydrogen) atoms. The predicted molar refractivity (Wildman–Crippen MR) is 45.1 cm³/mol. The first-order chi connectivity index (χ1) is 6.16. The summed E-state index contributed by atoms with van der Waals surface area (Å²) < 4.78 is 0. The molecule has 5 heteroatoms. The zero-order chi connectivity index (χ0) is 9.84. The van der Waals surface area contributed by atoms with E-state index in [0.717, 1.165) is 12.8 Å². The van der Waals surface area contributed by atoms with Crippen LogP contribution < -0.4 is 0 Å². The summed E-state index contributed by atoms with van der Waals surface area (Å²) in [6.07, 6.45) is 1.89. The van der Waals surface area contributed by atoms with Crippen molar-refractivity contribution in [1.82, 2.24) is 4.90 Å². The molecule has 0 saturated carbocycles. The summed E-state index contributed by atoms with van der Waals surface area (Å²) in [6, 6.07) is 0. The third-order valence-corrected chi connectivity index (χ3v) is 2.03. The van der Waals surface area contributed by atoms with Crippen molar-refractivity contribution >= 4 is 17.4 Å². The van der Waals surface area contributed by atoms with Crippen molar-refractivity contribution in [3.8, 4) is 0 Å². The number of hydrogen-bond donors (Lipinski definition) is 0. The fraction of sp³-hybridized carbons (Fsp3) is 0.625. The molecule has 1 heterocycles. The minimum Gasteiger partial charge on any atom is -0.360 e. The molecule has 0 bridgehead atoms. The Morgan fingerprint density at radius 3 is 2.23 bits per heavy atom. The van der Waals surface area contributed by atoms with Crippen molar-refractivity contribution in [2.45, 2.75) is 19.8 Å². The molecule has 0 unspecified atom stereocenters. The van der Waals surface area contributed by atoms with Crippen LogP contribution in [0.5, 0.6) is 0 Å². The Balaban J connectivity index is 2.75. The van der Waals surface area contributed by atoms with Gasteiger partial charge in [0.15, 0.2) is 0 Å². The van der Waals surface area contributed by atoms with Crippen LogP contribution in [-0.4, -0.2) is 40.2 Å². The quantitative estimate of drug-likeness (QED) is 0.257. The second-order valence-corrected chi connectivity index (χ2v) is 3.00. The molecule has 0 spiro atoms. The molecule has 0 aromatic heterocycles. The number of likely N-dealkylation sites (tertiary alicyclic amines) is 1. The largest absolute Gasteiger partial charge is 0.421 e. The van der Waals surface area contributed by atoms with Crippen molar-refractivity contribution in [3.05, 3.63) is 5.53 Å². The van der Waals surface area contributed by atoms with Gasteiger partial charge in [-0.05, 0) is 12.8 Å². The maximum atomic E-state index is 11.4. The van der Waals surface area contributed by atoms with Gasteiger partial charge >= 0.3 is 11.6 Å². The Morgan fingerprint density at radius 1 is 1.31 bits per heavy atom. The number of amides is 1. The molecule has 1 amide bonds. The highest BCUT2D eigenvalue weighted by Crippen LogP contribution is 2.07. The van der Waals surface area contributed by atoms with Gasteiger partial charge in [0.2, 0.25) is 5.78 Å². The predicted octanol–water partition coefficient (Wildman–Crippen LogP) is -0.131. The van der Waals surface area contributed by atoms with E-state index in [4.69, 9.17) is 5.53 Å². The number of nitrogens with zero attached hydrogens (tertiary/aromatic N) is 3. The van der Waals surface area contributed by atoms with E-state index in [-0.39, 0.29) is 5.71 Å². The van der Waals surface area contributed by atoms with E-state index in [9.17, 15) is 9.59 Å². The van der Waals surface area contributed by atoms with Crippen LogP contribution in [0.4, 0.5) is 0 Å². The van der Waals surface area contributed by atoms with E-state index in [1.54, 1.807) is 0 Å². The lowest BCUT2D eigenvalue weighted by atomic mass is 10.2. The van der Waals surface area contributed by atoms with Crippen molar-refractivity contribution < 1.29 is 14.4 Å².